The lowest BCUT2D eigenvalue weighted by Crippen LogP contribution is -2.07. The Morgan fingerprint density at radius 1 is 1.25 bits per heavy atom. The van der Waals surface area contributed by atoms with Crippen LogP contribution in [0, 0.1) is 0 Å². The molecule has 0 bridgehead atoms. The van der Waals surface area contributed by atoms with Crippen molar-refractivity contribution in [2.45, 2.75) is 30.7 Å². The zero-order chi connectivity index (χ0) is 8.18. The lowest BCUT2D eigenvalue weighted by molar-refractivity contribution is 0.597. The molecule has 1 unspecified atom stereocenters. The lowest BCUT2D eigenvalue weighted by Gasteiger charge is -2.05. The molecule has 0 aliphatic heterocycles. The van der Waals surface area contributed by atoms with E-state index in [1.165, 1.54) is 30.4 Å². The van der Waals surface area contributed by atoms with Crippen LogP contribution < -0.4 is 5.73 Å². The van der Waals surface area contributed by atoms with Crippen molar-refractivity contribution in [1.82, 2.24) is 0 Å². The molecule has 3 rings (SSSR count). The van der Waals surface area contributed by atoms with Crippen LogP contribution in [-0.2, 0) is 5.41 Å². The highest BCUT2D eigenvalue weighted by Crippen LogP contribution is 2.59. The smallest absolute Gasteiger partial charge is 0.0306 e. The number of nitrogens with two attached hydrogens (primary N) is 1. The summed E-state index contributed by atoms with van der Waals surface area (Å²) < 4.78 is 0. The van der Waals surface area contributed by atoms with E-state index in [1.54, 1.807) is 0 Å². The van der Waals surface area contributed by atoms with Gasteiger partial charge in [0.25, 0.3) is 0 Å². The van der Waals surface area contributed by atoms with Gasteiger partial charge < -0.3 is 5.73 Å². The minimum absolute atomic E-state index is 0.309. The second-order valence-electron chi connectivity index (χ2n) is 4.18. The minimum Gasteiger partial charge on any atom is -0.324 e. The van der Waals surface area contributed by atoms with Gasteiger partial charge in [-0.15, -0.1) is 0 Å². The summed E-state index contributed by atoms with van der Waals surface area (Å²) in [5.41, 5.74) is 9.52. The fourth-order valence-corrected chi connectivity index (χ4v) is 2.57. The molecular weight excluding hydrogens is 146 g/mol. The first-order valence-electron chi connectivity index (χ1n) is 4.67. The Bertz CT molecular complexity index is 326. The largest absolute Gasteiger partial charge is 0.324 e. The molecule has 1 nitrogen and oxygen atoms in total. The van der Waals surface area contributed by atoms with E-state index < -0.39 is 0 Å². The van der Waals surface area contributed by atoms with Gasteiger partial charge in [-0.25, -0.2) is 0 Å². The van der Waals surface area contributed by atoms with Crippen molar-refractivity contribution in [2.24, 2.45) is 5.73 Å². The van der Waals surface area contributed by atoms with E-state index in [-0.39, 0.29) is 0 Å². The van der Waals surface area contributed by atoms with Gasteiger partial charge in [0, 0.05) is 6.04 Å². The Kier molecular flexibility index (Phi) is 1.06. The molecule has 1 atom stereocenters. The van der Waals surface area contributed by atoms with Gasteiger partial charge in [0.05, 0.1) is 0 Å². The highest BCUT2D eigenvalue weighted by molar-refractivity contribution is 5.45. The van der Waals surface area contributed by atoms with Crippen molar-refractivity contribution in [1.29, 1.82) is 0 Å². The third kappa shape index (κ3) is 0.674. The van der Waals surface area contributed by atoms with Crippen LogP contribution in [0.25, 0.3) is 0 Å². The normalized spacial score (nSPS) is 28.9. The van der Waals surface area contributed by atoms with Crippen LogP contribution in [0.4, 0.5) is 0 Å². The van der Waals surface area contributed by atoms with E-state index in [2.05, 4.69) is 24.3 Å². The Balaban J connectivity index is 2.21. The highest BCUT2D eigenvalue weighted by atomic mass is 14.7. The molecule has 1 heteroatoms. The zero-order valence-electron chi connectivity index (χ0n) is 7.09. The second kappa shape index (κ2) is 1.91. The Labute approximate surface area is 72.6 Å². The van der Waals surface area contributed by atoms with Crippen molar-refractivity contribution in [2.75, 3.05) is 0 Å². The molecule has 0 heterocycles. The first-order chi connectivity index (χ1) is 5.82. The van der Waals surface area contributed by atoms with Crippen LogP contribution in [0.15, 0.2) is 24.3 Å². The third-order valence-corrected chi connectivity index (χ3v) is 3.40. The maximum Gasteiger partial charge on any atom is 0.0306 e. The number of fused-ring (bicyclic) bond motifs is 2. The van der Waals surface area contributed by atoms with Crippen LogP contribution in [0.5, 0.6) is 0 Å². The molecule has 2 aliphatic carbocycles. The van der Waals surface area contributed by atoms with Gasteiger partial charge >= 0.3 is 0 Å². The monoisotopic (exact) mass is 159 g/mol. The van der Waals surface area contributed by atoms with E-state index in [0.29, 0.717) is 11.5 Å². The quantitative estimate of drug-likeness (QED) is 0.616. The highest BCUT2D eigenvalue weighted by Gasteiger charge is 2.50. The summed E-state index contributed by atoms with van der Waals surface area (Å²) in [5, 5.41) is 0. The standard InChI is InChI=1S/C11H13N/c12-10-7-11(5-6-11)9-4-2-1-3-8(9)10/h1-4,10H,5-7,12H2. The summed E-state index contributed by atoms with van der Waals surface area (Å²) in [6.07, 6.45) is 3.90. The molecule has 1 aromatic rings. The summed E-state index contributed by atoms with van der Waals surface area (Å²) in [7, 11) is 0. The topological polar surface area (TPSA) is 26.0 Å². The fourth-order valence-electron chi connectivity index (χ4n) is 2.57. The molecule has 0 radical (unpaired) electrons. The first-order valence-corrected chi connectivity index (χ1v) is 4.67. The number of benzene rings is 1. The third-order valence-electron chi connectivity index (χ3n) is 3.40. The van der Waals surface area contributed by atoms with Crippen LogP contribution in [0.2, 0.25) is 0 Å². The predicted octanol–water partition coefficient (Wildman–Crippen LogP) is 2.12. The molecule has 2 N–H and O–H groups in total. The van der Waals surface area contributed by atoms with Gasteiger partial charge in [-0.05, 0) is 35.8 Å². The molecule has 0 amide bonds. The molecule has 12 heavy (non-hydrogen) atoms. The zero-order valence-corrected chi connectivity index (χ0v) is 7.09. The van der Waals surface area contributed by atoms with Crippen molar-refractivity contribution in [3.05, 3.63) is 35.4 Å². The van der Waals surface area contributed by atoms with Gasteiger partial charge in [-0.3, -0.25) is 0 Å². The van der Waals surface area contributed by atoms with E-state index in [4.69, 9.17) is 5.73 Å². The number of rotatable bonds is 0. The molecule has 0 saturated heterocycles. The molecule has 0 aromatic heterocycles. The van der Waals surface area contributed by atoms with E-state index in [9.17, 15) is 0 Å². The number of hydrogen-bond donors (Lipinski definition) is 1. The fraction of sp³-hybridized carbons (Fsp3) is 0.455. The average molecular weight is 159 g/mol. The molecular formula is C11H13N. The first kappa shape index (κ1) is 6.67. The number of hydrogen-bond acceptors (Lipinski definition) is 1. The van der Waals surface area contributed by atoms with Crippen molar-refractivity contribution < 1.29 is 0 Å². The van der Waals surface area contributed by atoms with Crippen LogP contribution in [0.1, 0.15) is 36.4 Å². The van der Waals surface area contributed by atoms with Gasteiger partial charge in [-0.2, -0.15) is 0 Å². The summed E-state index contributed by atoms with van der Waals surface area (Å²) in [4.78, 5) is 0. The predicted molar refractivity (Wildman–Crippen MR) is 48.9 cm³/mol. The van der Waals surface area contributed by atoms with Crippen LogP contribution in [-0.4, -0.2) is 0 Å². The molecule has 1 saturated carbocycles. The Morgan fingerprint density at radius 3 is 2.75 bits per heavy atom. The summed E-state index contributed by atoms with van der Waals surface area (Å²) in [6, 6.07) is 8.99. The van der Waals surface area contributed by atoms with E-state index in [0.717, 1.165) is 0 Å². The molecule has 62 valence electrons. The Hall–Kier alpha value is -0.820. The molecule has 1 fully saturated rings. The maximum absolute atomic E-state index is 6.06. The molecule has 1 spiro atoms. The molecule has 2 aliphatic rings. The summed E-state index contributed by atoms with van der Waals surface area (Å²) in [5.74, 6) is 0. The average Bonchev–Trinajstić information content (AvgIpc) is 2.79. The van der Waals surface area contributed by atoms with Gasteiger partial charge in [0.15, 0.2) is 0 Å². The van der Waals surface area contributed by atoms with Gasteiger partial charge in [0.1, 0.15) is 0 Å². The van der Waals surface area contributed by atoms with Crippen molar-refractivity contribution in [3.63, 3.8) is 0 Å². The van der Waals surface area contributed by atoms with Crippen LogP contribution >= 0.6 is 0 Å². The SMILES string of the molecule is NC1CC2(CC2)c2ccccc21. The van der Waals surface area contributed by atoms with E-state index in [1.807, 2.05) is 0 Å². The summed E-state index contributed by atoms with van der Waals surface area (Å²) >= 11 is 0. The Morgan fingerprint density at radius 2 is 2.00 bits per heavy atom. The molecule has 1 aromatic carbocycles. The van der Waals surface area contributed by atoms with Crippen molar-refractivity contribution >= 4 is 0 Å². The van der Waals surface area contributed by atoms with E-state index >= 15 is 0 Å². The van der Waals surface area contributed by atoms with Gasteiger partial charge in [0.2, 0.25) is 0 Å². The van der Waals surface area contributed by atoms with Crippen LogP contribution in [0.3, 0.4) is 0 Å². The summed E-state index contributed by atoms with van der Waals surface area (Å²) in [6.45, 7) is 0. The maximum atomic E-state index is 6.06. The second-order valence-corrected chi connectivity index (χ2v) is 4.18. The minimum atomic E-state index is 0.309. The van der Waals surface area contributed by atoms with Crippen molar-refractivity contribution in [3.8, 4) is 0 Å². The van der Waals surface area contributed by atoms with Gasteiger partial charge in [-0.1, -0.05) is 24.3 Å². The lowest BCUT2D eigenvalue weighted by atomic mass is 9.99.